The Bertz CT molecular complexity index is 795. The molecule has 0 radical (unpaired) electrons. The van der Waals surface area contributed by atoms with Crippen LogP contribution in [-0.4, -0.2) is 36.9 Å². The van der Waals surface area contributed by atoms with E-state index in [0.717, 1.165) is 12.3 Å². The quantitative estimate of drug-likeness (QED) is 0.809. The molecular weight excluding hydrogens is 314 g/mol. The van der Waals surface area contributed by atoms with Gasteiger partial charge >= 0.3 is 11.9 Å². The van der Waals surface area contributed by atoms with E-state index >= 15 is 0 Å². The van der Waals surface area contributed by atoms with E-state index in [1.807, 2.05) is 0 Å². The fourth-order valence-corrected chi connectivity index (χ4v) is 2.59. The van der Waals surface area contributed by atoms with E-state index in [9.17, 15) is 18.0 Å². The number of carbonyl (C=O) groups excluding carboxylic acids is 1. The van der Waals surface area contributed by atoms with Crippen LogP contribution in [-0.2, 0) is 14.6 Å². The van der Waals surface area contributed by atoms with E-state index in [4.69, 9.17) is 9.84 Å². The highest BCUT2D eigenvalue weighted by molar-refractivity contribution is 7.91. The van der Waals surface area contributed by atoms with Gasteiger partial charge in [-0.3, -0.25) is 4.79 Å². The van der Waals surface area contributed by atoms with Crippen molar-refractivity contribution in [3.05, 3.63) is 47.7 Å². The van der Waals surface area contributed by atoms with E-state index in [2.05, 4.69) is 9.68 Å². The lowest BCUT2D eigenvalue weighted by Gasteiger charge is -2.04. The molecule has 0 fully saturated rings. The van der Waals surface area contributed by atoms with Crippen molar-refractivity contribution in [1.29, 1.82) is 0 Å². The molecule has 1 aromatic heterocycles. The molecule has 1 atom stereocenters. The second-order valence-corrected chi connectivity index (χ2v) is 6.50. The predicted octanol–water partition coefficient (Wildman–Crippen LogP) is 1.06. The van der Waals surface area contributed by atoms with Crippen molar-refractivity contribution in [2.75, 3.05) is 6.26 Å². The Morgan fingerprint density at radius 3 is 2.45 bits per heavy atom. The van der Waals surface area contributed by atoms with Gasteiger partial charge in [0.15, 0.2) is 15.6 Å². The van der Waals surface area contributed by atoms with Crippen molar-refractivity contribution in [2.45, 2.75) is 5.25 Å². The summed E-state index contributed by atoms with van der Waals surface area (Å²) in [6.45, 7) is 0. The summed E-state index contributed by atoms with van der Waals surface area (Å²) in [5, 5.41) is 10.4. The second-order valence-electron chi connectivity index (χ2n) is 4.37. The summed E-state index contributed by atoms with van der Waals surface area (Å²) in [5.41, 5.74) is 0.255. The predicted molar refractivity (Wildman–Crippen MR) is 73.1 cm³/mol. The van der Waals surface area contributed by atoms with Gasteiger partial charge in [0, 0.05) is 12.3 Å². The molecule has 1 N–H and O–H groups in total. The Balaban J connectivity index is 2.21. The van der Waals surface area contributed by atoms with Crippen LogP contribution >= 0.6 is 0 Å². The van der Waals surface area contributed by atoms with E-state index in [-0.39, 0.29) is 11.4 Å². The third-order valence-electron chi connectivity index (χ3n) is 2.62. The van der Waals surface area contributed by atoms with Crippen LogP contribution in [0.4, 0.5) is 0 Å². The monoisotopic (exact) mass is 325 g/mol. The fraction of sp³-hybridized carbons (Fsp3) is 0.154. The molecule has 0 saturated carbocycles. The van der Waals surface area contributed by atoms with Gasteiger partial charge in [-0.1, -0.05) is 18.2 Å². The summed E-state index contributed by atoms with van der Waals surface area (Å²) >= 11 is 0. The van der Waals surface area contributed by atoms with Gasteiger partial charge < -0.3 is 14.4 Å². The van der Waals surface area contributed by atoms with Gasteiger partial charge in [0.1, 0.15) is 0 Å². The average Bonchev–Trinajstić information content (AvgIpc) is 2.85. The number of hydrogen-bond acceptors (Lipinski definition) is 7. The molecule has 1 unspecified atom stereocenters. The zero-order valence-electron chi connectivity index (χ0n) is 11.3. The molecule has 1 heterocycles. The number of carboxylic acid groups (broad SMARTS) is 1. The molecule has 22 heavy (non-hydrogen) atoms. The summed E-state index contributed by atoms with van der Waals surface area (Å²) in [4.78, 5) is 22.8. The van der Waals surface area contributed by atoms with E-state index in [1.54, 1.807) is 18.2 Å². The third-order valence-corrected chi connectivity index (χ3v) is 3.91. The van der Waals surface area contributed by atoms with Gasteiger partial charge in [0.2, 0.25) is 5.25 Å². The number of aliphatic carboxylic acids is 1. The van der Waals surface area contributed by atoms with Crippen LogP contribution in [0.1, 0.15) is 21.4 Å². The first-order valence-corrected chi connectivity index (χ1v) is 7.90. The molecular formula is C13H11NO7S. The van der Waals surface area contributed by atoms with Crippen LogP contribution in [0, 0.1) is 0 Å². The molecule has 0 spiro atoms. The summed E-state index contributed by atoms with van der Waals surface area (Å²) < 4.78 is 32.5. The van der Waals surface area contributed by atoms with Crippen molar-refractivity contribution in [3.8, 4) is 5.88 Å². The molecule has 0 saturated heterocycles. The van der Waals surface area contributed by atoms with Crippen molar-refractivity contribution in [2.24, 2.45) is 0 Å². The molecule has 0 bridgehead atoms. The Labute approximate surface area is 125 Å². The number of esters is 1. The molecule has 8 nitrogen and oxygen atoms in total. The van der Waals surface area contributed by atoms with Gasteiger partial charge in [-0.15, -0.1) is 0 Å². The van der Waals surface area contributed by atoms with Crippen LogP contribution < -0.4 is 4.74 Å². The van der Waals surface area contributed by atoms with Gasteiger partial charge in [-0.25, -0.2) is 13.2 Å². The molecule has 0 aliphatic heterocycles. The smallest absolute Gasteiger partial charge is 0.344 e. The average molecular weight is 325 g/mol. The zero-order valence-corrected chi connectivity index (χ0v) is 12.1. The number of rotatable bonds is 5. The fourth-order valence-electron chi connectivity index (χ4n) is 1.69. The lowest BCUT2D eigenvalue weighted by molar-refractivity contribution is -0.137. The summed E-state index contributed by atoms with van der Waals surface area (Å²) in [6.07, 6.45) is 0.754. The molecule has 2 aromatic rings. The standard InChI is InChI=1S/C13H11NO7S/c1-22(18,19)11(12(15)16)9-7-10(14-21-9)20-13(17)8-5-3-2-4-6-8/h2-7,11H,1H3,(H,15,16). The van der Waals surface area contributed by atoms with Crippen molar-refractivity contribution in [3.63, 3.8) is 0 Å². The van der Waals surface area contributed by atoms with Gasteiger partial charge in [-0.2, -0.15) is 0 Å². The van der Waals surface area contributed by atoms with Crippen LogP contribution in [0.25, 0.3) is 0 Å². The van der Waals surface area contributed by atoms with E-state index in [1.165, 1.54) is 12.1 Å². The Morgan fingerprint density at radius 1 is 1.27 bits per heavy atom. The number of sulfone groups is 1. The van der Waals surface area contributed by atoms with Crippen molar-refractivity contribution in [1.82, 2.24) is 5.16 Å². The van der Waals surface area contributed by atoms with Crippen molar-refractivity contribution >= 4 is 21.8 Å². The molecule has 0 aliphatic rings. The molecule has 9 heteroatoms. The van der Waals surface area contributed by atoms with Crippen LogP contribution in [0.15, 0.2) is 40.9 Å². The lowest BCUT2D eigenvalue weighted by Crippen LogP contribution is -2.20. The van der Waals surface area contributed by atoms with Gasteiger partial charge in [0.25, 0.3) is 5.88 Å². The van der Waals surface area contributed by atoms with Crippen LogP contribution in [0.5, 0.6) is 5.88 Å². The highest BCUT2D eigenvalue weighted by Crippen LogP contribution is 2.25. The maximum Gasteiger partial charge on any atom is 0.344 e. The minimum absolute atomic E-state index is 0.255. The number of hydrogen-bond donors (Lipinski definition) is 1. The minimum Gasteiger partial charge on any atom is -0.480 e. The number of carboxylic acids is 1. The van der Waals surface area contributed by atoms with Crippen LogP contribution in [0.2, 0.25) is 0 Å². The van der Waals surface area contributed by atoms with Crippen LogP contribution in [0.3, 0.4) is 0 Å². The van der Waals surface area contributed by atoms with E-state index < -0.39 is 32.8 Å². The Morgan fingerprint density at radius 2 is 1.91 bits per heavy atom. The number of carbonyl (C=O) groups is 2. The summed E-state index contributed by atoms with van der Waals surface area (Å²) in [5.74, 6) is -3.10. The van der Waals surface area contributed by atoms with Crippen molar-refractivity contribution < 1.29 is 32.4 Å². The lowest BCUT2D eigenvalue weighted by atomic mass is 10.2. The van der Waals surface area contributed by atoms with E-state index in [0.29, 0.717) is 0 Å². The highest BCUT2D eigenvalue weighted by Gasteiger charge is 2.35. The number of aromatic nitrogens is 1. The topological polar surface area (TPSA) is 124 Å². The number of ether oxygens (including phenoxy) is 1. The maximum absolute atomic E-state index is 11.8. The second kappa shape index (κ2) is 5.98. The largest absolute Gasteiger partial charge is 0.480 e. The first-order chi connectivity index (χ1) is 10.3. The first kappa shape index (κ1) is 15.7. The Kier molecular flexibility index (Phi) is 4.27. The van der Waals surface area contributed by atoms with Gasteiger partial charge in [0.05, 0.1) is 5.56 Å². The molecule has 116 valence electrons. The third kappa shape index (κ3) is 3.50. The zero-order chi connectivity index (χ0) is 16.3. The number of nitrogens with zero attached hydrogens (tertiary/aromatic N) is 1. The normalized spacial score (nSPS) is 12.6. The summed E-state index contributed by atoms with van der Waals surface area (Å²) in [7, 11) is -3.96. The Hall–Kier alpha value is -2.68. The number of benzene rings is 1. The minimum atomic E-state index is -3.96. The highest BCUT2D eigenvalue weighted by atomic mass is 32.2. The maximum atomic E-state index is 11.8. The van der Waals surface area contributed by atoms with Gasteiger partial charge in [-0.05, 0) is 17.3 Å². The first-order valence-electron chi connectivity index (χ1n) is 5.94. The molecule has 2 rings (SSSR count). The summed E-state index contributed by atoms with van der Waals surface area (Å²) in [6, 6.07) is 8.97. The SMILES string of the molecule is CS(=O)(=O)C(C(=O)O)c1cc(OC(=O)c2ccccc2)no1. The molecule has 0 amide bonds. The molecule has 1 aromatic carbocycles. The molecule has 0 aliphatic carbocycles.